The fourth-order valence-electron chi connectivity index (χ4n) is 2.82. The first-order valence-electron chi connectivity index (χ1n) is 8.55. The molecule has 0 spiro atoms. The zero-order chi connectivity index (χ0) is 20.1. The third-order valence-corrected chi connectivity index (χ3v) is 4.20. The third-order valence-electron chi connectivity index (χ3n) is 4.20. The van der Waals surface area contributed by atoms with Crippen molar-refractivity contribution in [3.8, 4) is 5.75 Å². The number of nitrogens with one attached hydrogen (secondary N) is 1. The first-order valence-corrected chi connectivity index (χ1v) is 8.55. The van der Waals surface area contributed by atoms with Crippen molar-refractivity contribution in [1.29, 1.82) is 0 Å². The van der Waals surface area contributed by atoms with Crippen LogP contribution in [0.25, 0.3) is 0 Å². The number of hydrogen-bond acceptors (Lipinski definition) is 4. The number of para-hydroxylation sites is 2. The minimum absolute atomic E-state index is 0.0804. The molecule has 0 fully saturated rings. The van der Waals surface area contributed by atoms with Crippen molar-refractivity contribution in [2.24, 2.45) is 0 Å². The maximum Gasteiger partial charge on any atom is 0.330 e. The number of nitro benzene ring substituents is 1. The standard InChI is InChI=1S/C21H19N3O4/c1-15-13-19(24(26)27)20(28-2)14-18(15)22-21(25)23(16-9-5-3-6-10-16)17-11-7-4-8-12-17/h3-14H,1-2H3,(H,22,25). The van der Waals surface area contributed by atoms with Crippen molar-refractivity contribution in [1.82, 2.24) is 0 Å². The molecule has 2 amide bonds. The molecule has 0 aliphatic heterocycles. The van der Waals surface area contributed by atoms with Crippen LogP contribution in [0.3, 0.4) is 0 Å². The number of urea groups is 1. The lowest BCUT2D eigenvalue weighted by Gasteiger charge is -2.24. The largest absolute Gasteiger partial charge is 0.490 e. The highest BCUT2D eigenvalue weighted by Crippen LogP contribution is 2.34. The minimum Gasteiger partial charge on any atom is -0.490 e. The number of carbonyl (C=O) groups is 1. The van der Waals surface area contributed by atoms with E-state index in [1.165, 1.54) is 24.1 Å². The number of hydrogen-bond donors (Lipinski definition) is 1. The molecule has 0 radical (unpaired) electrons. The van der Waals surface area contributed by atoms with E-state index in [4.69, 9.17) is 4.74 Å². The smallest absolute Gasteiger partial charge is 0.330 e. The molecule has 0 aliphatic carbocycles. The normalized spacial score (nSPS) is 10.2. The van der Waals surface area contributed by atoms with Crippen LogP contribution in [0.2, 0.25) is 0 Å². The Bertz CT molecular complexity index is 952. The summed E-state index contributed by atoms with van der Waals surface area (Å²) in [4.78, 5) is 25.3. The molecule has 1 N–H and O–H groups in total. The highest BCUT2D eigenvalue weighted by atomic mass is 16.6. The predicted octanol–water partition coefficient (Wildman–Crippen LogP) is 5.28. The lowest BCUT2D eigenvalue weighted by molar-refractivity contribution is -0.385. The van der Waals surface area contributed by atoms with E-state index < -0.39 is 11.0 Å². The fourth-order valence-corrected chi connectivity index (χ4v) is 2.82. The van der Waals surface area contributed by atoms with E-state index in [9.17, 15) is 14.9 Å². The Kier molecular flexibility index (Phi) is 5.55. The molecule has 0 saturated carbocycles. The SMILES string of the molecule is COc1cc(NC(=O)N(c2ccccc2)c2ccccc2)c(C)cc1[N+](=O)[O-]. The lowest BCUT2D eigenvalue weighted by Crippen LogP contribution is -2.31. The van der Waals surface area contributed by atoms with Gasteiger partial charge in [-0.15, -0.1) is 0 Å². The summed E-state index contributed by atoms with van der Waals surface area (Å²) in [5, 5.41) is 14.0. The third kappa shape index (κ3) is 3.93. The molecule has 0 bridgehead atoms. The molecular weight excluding hydrogens is 358 g/mol. The van der Waals surface area contributed by atoms with Crippen LogP contribution in [-0.4, -0.2) is 18.1 Å². The highest BCUT2D eigenvalue weighted by Gasteiger charge is 2.22. The Morgan fingerprint density at radius 1 is 1.00 bits per heavy atom. The summed E-state index contributed by atoms with van der Waals surface area (Å²) in [7, 11) is 1.35. The average molecular weight is 377 g/mol. The van der Waals surface area contributed by atoms with Gasteiger partial charge in [0, 0.05) is 17.8 Å². The lowest BCUT2D eigenvalue weighted by atomic mass is 10.1. The van der Waals surface area contributed by atoms with Crippen LogP contribution >= 0.6 is 0 Å². The number of amides is 2. The summed E-state index contributed by atoms with van der Waals surface area (Å²) in [5.74, 6) is 0.0804. The fraction of sp³-hybridized carbons (Fsp3) is 0.0952. The van der Waals surface area contributed by atoms with Crippen LogP contribution < -0.4 is 15.0 Å². The molecule has 0 saturated heterocycles. The molecule has 0 unspecified atom stereocenters. The van der Waals surface area contributed by atoms with Crippen molar-refractivity contribution in [2.75, 3.05) is 17.3 Å². The van der Waals surface area contributed by atoms with E-state index in [1.807, 2.05) is 60.7 Å². The molecule has 7 nitrogen and oxygen atoms in total. The quantitative estimate of drug-likeness (QED) is 0.484. The van der Waals surface area contributed by atoms with E-state index in [-0.39, 0.29) is 11.4 Å². The zero-order valence-corrected chi connectivity index (χ0v) is 15.5. The number of benzene rings is 3. The van der Waals surface area contributed by atoms with E-state index in [1.54, 1.807) is 6.92 Å². The highest BCUT2D eigenvalue weighted by molar-refractivity contribution is 6.07. The Morgan fingerprint density at radius 2 is 1.54 bits per heavy atom. The predicted molar refractivity (Wildman–Crippen MR) is 108 cm³/mol. The second kappa shape index (κ2) is 8.22. The van der Waals surface area contributed by atoms with Gasteiger partial charge >= 0.3 is 11.7 Å². The van der Waals surface area contributed by atoms with Crippen molar-refractivity contribution in [3.63, 3.8) is 0 Å². The Balaban J connectivity index is 1.98. The summed E-state index contributed by atoms with van der Waals surface area (Å²) in [6.07, 6.45) is 0. The van der Waals surface area contributed by atoms with Gasteiger partial charge in [-0.3, -0.25) is 15.0 Å². The molecule has 142 valence electrons. The van der Waals surface area contributed by atoms with Gasteiger partial charge in [0.25, 0.3) is 0 Å². The van der Waals surface area contributed by atoms with E-state index in [0.717, 1.165) is 0 Å². The number of methoxy groups -OCH3 is 1. The van der Waals surface area contributed by atoms with Gasteiger partial charge in [-0.1, -0.05) is 36.4 Å². The zero-order valence-electron chi connectivity index (χ0n) is 15.5. The van der Waals surface area contributed by atoms with Crippen LogP contribution in [0.15, 0.2) is 72.8 Å². The van der Waals surface area contributed by atoms with E-state index in [0.29, 0.717) is 22.6 Å². The van der Waals surface area contributed by atoms with Gasteiger partial charge < -0.3 is 10.1 Å². The summed E-state index contributed by atoms with van der Waals surface area (Å²) in [5.41, 5.74) is 2.22. The molecule has 3 rings (SSSR count). The van der Waals surface area contributed by atoms with Crippen molar-refractivity contribution in [3.05, 3.63) is 88.5 Å². The Morgan fingerprint density at radius 3 is 2.00 bits per heavy atom. The molecular formula is C21H19N3O4. The molecule has 0 heterocycles. The Hall–Kier alpha value is -3.87. The second-order valence-electron chi connectivity index (χ2n) is 6.03. The van der Waals surface area contributed by atoms with Crippen LogP contribution in [0.5, 0.6) is 5.75 Å². The van der Waals surface area contributed by atoms with Crippen molar-refractivity contribution >= 4 is 28.8 Å². The van der Waals surface area contributed by atoms with Gasteiger partial charge in [0.15, 0.2) is 5.75 Å². The van der Waals surface area contributed by atoms with Crippen molar-refractivity contribution < 1.29 is 14.5 Å². The van der Waals surface area contributed by atoms with Gasteiger partial charge in [0.05, 0.1) is 23.4 Å². The van der Waals surface area contributed by atoms with E-state index in [2.05, 4.69) is 5.32 Å². The van der Waals surface area contributed by atoms with Gasteiger partial charge in [0.1, 0.15) is 0 Å². The number of carbonyl (C=O) groups excluding carboxylic acids is 1. The van der Waals surface area contributed by atoms with E-state index >= 15 is 0 Å². The Labute approximate surface area is 162 Å². The average Bonchev–Trinajstić information content (AvgIpc) is 2.71. The summed E-state index contributed by atoms with van der Waals surface area (Å²) >= 11 is 0. The summed E-state index contributed by atoms with van der Waals surface area (Å²) in [6.45, 7) is 1.69. The van der Waals surface area contributed by atoms with Crippen LogP contribution in [0, 0.1) is 17.0 Å². The molecule has 3 aromatic carbocycles. The van der Waals surface area contributed by atoms with Crippen LogP contribution in [-0.2, 0) is 0 Å². The molecule has 0 atom stereocenters. The number of nitrogens with zero attached hydrogens (tertiary/aromatic N) is 2. The van der Waals surface area contributed by atoms with Gasteiger partial charge in [0.2, 0.25) is 0 Å². The molecule has 3 aromatic rings. The van der Waals surface area contributed by atoms with Gasteiger partial charge in [-0.2, -0.15) is 0 Å². The van der Waals surface area contributed by atoms with Crippen molar-refractivity contribution in [2.45, 2.75) is 6.92 Å². The number of rotatable bonds is 5. The molecule has 7 heteroatoms. The first kappa shape index (κ1) is 18.9. The van der Waals surface area contributed by atoms with Crippen LogP contribution in [0.4, 0.5) is 27.5 Å². The van der Waals surface area contributed by atoms with Gasteiger partial charge in [-0.25, -0.2) is 4.79 Å². The summed E-state index contributed by atoms with van der Waals surface area (Å²) < 4.78 is 5.11. The number of aryl methyl sites for hydroxylation is 1. The van der Waals surface area contributed by atoms with Gasteiger partial charge in [-0.05, 0) is 36.8 Å². The number of anilines is 3. The monoisotopic (exact) mass is 377 g/mol. The number of ether oxygens (including phenoxy) is 1. The second-order valence-corrected chi connectivity index (χ2v) is 6.03. The minimum atomic E-state index is -0.516. The summed E-state index contributed by atoms with van der Waals surface area (Å²) in [6, 6.07) is 20.9. The molecule has 0 aliphatic rings. The molecule has 28 heavy (non-hydrogen) atoms. The number of nitro groups is 1. The topological polar surface area (TPSA) is 84.7 Å². The maximum atomic E-state index is 13.1. The molecule has 0 aromatic heterocycles. The maximum absolute atomic E-state index is 13.1. The van der Waals surface area contributed by atoms with Crippen LogP contribution in [0.1, 0.15) is 5.56 Å². The first-order chi connectivity index (χ1) is 13.5.